The molecule has 2 aliphatic carbocycles. The molecule has 4 unspecified atom stereocenters. The first kappa shape index (κ1) is 30.8. The Kier molecular flexibility index (Phi) is 7.22. The highest BCUT2D eigenvalue weighted by Crippen LogP contribution is 2.68. The number of nitrogens with one attached hydrogen (secondary N) is 2. The topological polar surface area (TPSA) is 129 Å². The Morgan fingerprint density at radius 1 is 0.979 bits per heavy atom. The molecule has 7 atom stereocenters. The van der Waals surface area contributed by atoms with Crippen LogP contribution in [-0.2, 0) is 20.6 Å². The van der Waals surface area contributed by atoms with Crippen LogP contribution in [0.3, 0.4) is 0 Å². The number of phenols is 1. The molecule has 2 aliphatic heterocycles. The van der Waals surface area contributed by atoms with Crippen molar-refractivity contribution in [1.82, 2.24) is 4.98 Å². The zero-order valence-electron chi connectivity index (χ0n) is 24.8. The minimum absolute atomic E-state index is 0.0722. The van der Waals surface area contributed by atoms with Gasteiger partial charge in [-0.2, -0.15) is 13.2 Å². The maximum absolute atomic E-state index is 14.0. The predicted octanol–water partition coefficient (Wildman–Crippen LogP) is 5.86. The number of rotatable bonds is 6. The molecule has 1 aromatic heterocycles. The van der Waals surface area contributed by atoms with Gasteiger partial charge >= 0.3 is 11.0 Å². The number of H-pyrrole nitrogens is 1. The maximum atomic E-state index is 14.0. The maximum Gasteiger partial charge on any atom is 0.416 e. The SMILES string of the molecule is O=C(COc1cccc([C@H]2c3sc(=O)[nH]c3SC3C2[C@H]2C[C@@H]3C3C(=O)N(c4cccc(C(F)(F)F)c4)C(=O)C32)c1)Nc1ccc(O)cc1. The summed E-state index contributed by atoms with van der Waals surface area (Å²) in [4.78, 5) is 57.5. The van der Waals surface area contributed by atoms with Gasteiger partial charge in [0.2, 0.25) is 11.8 Å². The van der Waals surface area contributed by atoms with Crippen LogP contribution in [0.5, 0.6) is 11.5 Å². The summed E-state index contributed by atoms with van der Waals surface area (Å²) >= 11 is 2.61. The van der Waals surface area contributed by atoms with Crippen LogP contribution in [0.25, 0.3) is 0 Å². The number of carbonyl (C=O) groups is 3. The Morgan fingerprint density at radius 2 is 1.71 bits per heavy atom. The molecule has 3 heterocycles. The van der Waals surface area contributed by atoms with Crippen molar-refractivity contribution in [3.8, 4) is 11.5 Å². The molecule has 3 aromatic carbocycles. The van der Waals surface area contributed by atoms with Gasteiger partial charge < -0.3 is 20.1 Å². The number of hydrogen-bond donors (Lipinski definition) is 3. The molecule has 0 spiro atoms. The molecule has 8 rings (SSSR count). The molecule has 2 bridgehead atoms. The highest BCUT2D eigenvalue weighted by molar-refractivity contribution is 8.00. The van der Waals surface area contributed by atoms with Crippen LogP contribution < -0.4 is 19.8 Å². The zero-order chi connectivity index (χ0) is 33.5. The van der Waals surface area contributed by atoms with E-state index in [4.69, 9.17) is 4.74 Å². The number of ether oxygens (including phenoxy) is 1. The summed E-state index contributed by atoms with van der Waals surface area (Å²) in [6, 6.07) is 17.6. The van der Waals surface area contributed by atoms with E-state index in [-0.39, 0.29) is 51.8 Å². The Labute approximate surface area is 279 Å². The van der Waals surface area contributed by atoms with E-state index in [1.54, 1.807) is 24.3 Å². The second-order valence-corrected chi connectivity index (χ2v) is 14.7. The summed E-state index contributed by atoms with van der Waals surface area (Å²) < 4.78 is 46.4. The fourth-order valence-electron chi connectivity index (χ4n) is 8.15. The number of amides is 3. The van der Waals surface area contributed by atoms with E-state index >= 15 is 0 Å². The van der Waals surface area contributed by atoms with E-state index in [0.717, 1.165) is 38.8 Å². The Morgan fingerprint density at radius 3 is 2.46 bits per heavy atom. The third kappa shape index (κ3) is 5.00. The number of carbonyl (C=O) groups excluding carboxylic acids is 3. The number of benzene rings is 3. The quantitative estimate of drug-likeness (QED) is 0.171. The van der Waals surface area contributed by atoms with Crippen LogP contribution in [0, 0.1) is 29.6 Å². The number of anilines is 2. The Balaban J connectivity index is 1.08. The van der Waals surface area contributed by atoms with Gasteiger partial charge in [0, 0.05) is 21.7 Å². The van der Waals surface area contributed by atoms with Crippen LogP contribution in [0.1, 0.15) is 28.3 Å². The number of aromatic amines is 1. The molecule has 4 aromatic rings. The summed E-state index contributed by atoms with van der Waals surface area (Å²) in [7, 11) is 0. The van der Waals surface area contributed by atoms with Crippen molar-refractivity contribution in [3.05, 3.63) is 98.5 Å². The Hall–Kier alpha value is -4.56. The first-order valence-corrected chi connectivity index (χ1v) is 16.9. The van der Waals surface area contributed by atoms with Crippen molar-refractivity contribution in [3.63, 3.8) is 0 Å². The first-order chi connectivity index (χ1) is 23.0. The van der Waals surface area contributed by atoms with Gasteiger partial charge in [0.15, 0.2) is 6.61 Å². The van der Waals surface area contributed by atoms with E-state index in [0.29, 0.717) is 22.9 Å². The third-order valence-corrected chi connectivity index (χ3v) is 12.5. The number of hydrogen-bond acceptors (Lipinski definition) is 8. The number of alkyl halides is 3. The van der Waals surface area contributed by atoms with Crippen molar-refractivity contribution in [2.45, 2.75) is 28.8 Å². The average Bonchev–Trinajstić information content (AvgIpc) is 3.79. The number of thiazole rings is 1. The first-order valence-electron chi connectivity index (χ1n) is 15.2. The van der Waals surface area contributed by atoms with Crippen LogP contribution in [-0.4, -0.2) is 39.7 Å². The van der Waals surface area contributed by atoms with E-state index in [1.165, 1.54) is 36.0 Å². The van der Waals surface area contributed by atoms with Crippen LogP contribution >= 0.6 is 23.1 Å². The van der Waals surface area contributed by atoms with Crippen molar-refractivity contribution >= 4 is 52.2 Å². The second-order valence-electron chi connectivity index (χ2n) is 12.5. The summed E-state index contributed by atoms with van der Waals surface area (Å²) in [5.74, 6) is -3.08. The lowest BCUT2D eigenvalue weighted by Gasteiger charge is -2.43. The molecule has 1 saturated heterocycles. The van der Waals surface area contributed by atoms with Gasteiger partial charge in [-0.25, -0.2) is 0 Å². The third-order valence-electron chi connectivity index (χ3n) is 9.89. The molecule has 2 saturated carbocycles. The number of phenolic OH excluding ortho intramolecular Hbond substituents is 1. The average molecular weight is 694 g/mol. The lowest BCUT2D eigenvalue weighted by Crippen LogP contribution is -2.42. The van der Waals surface area contributed by atoms with Gasteiger partial charge in [0.25, 0.3) is 5.91 Å². The molecule has 4 aliphatic rings. The number of imide groups is 1. The normalized spacial score (nSPS) is 27.1. The van der Waals surface area contributed by atoms with Gasteiger partial charge in [-0.1, -0.05) is 29.5 Å². The summed E-state index contributed by atoms with van der Waals surface area (Å²) in [5.41, 5.74) is 0.313. The van der Waals surface area contributed by atoms with Crippen LogP contribution in [0.15, 0.2) is 82.6 Å². The van der Waals surface area contributed by atoms with E-state index < -0.39 is 41.3 Å². The fourth-order valence-corrected chi connectivity index (χ4v) is 11.0. The van der Waals surface area contributed by atoms with E-state index in [9.17, 15) is 37.5 Å². The van der Waals surface area contributed by atoms with Crippen molar-refractivity contribution < 1.29 is 37.4 Å². The fraction of sp³-hybridized carbons (Fsp3) is 0.294. The van der Waals surface area contributed by atoms with Crippen LogP contribution in [0.2, 0.25) is 0 Å². The van der Waals surface area contributed by atoms with E-state index in [1.807, 2.05) is 12.1 Å². The molecule has 48 heavy (non-hydrogen) atoms. The zero-order valence-corrected chi connectivity index (χ0v) is 26.4. The second kappa shape index (κ2) is 11.3. The van der Waals surface area contributed by atoms with Gasteiger partial charge in [0.05, 0.1) is 28.1 Å². The Bertz CT molecular complexity index is 2030. The number of nitrogens with zero attached hydrogens (tertiary/aromatic N) is 1. The lowest BCUT2D eigenvalue weighted by atomic mass is 9.68. The minimum Gasteiger partial charge on any atom is -0.508 e. The number of halogens is 3. The van der Waals surface area contributed by atoms with Crippen molar-refractivity contribution in [2.75, 3.05) is 16.8 Å². The molecular weight excluding hydrogens is 668 g/mol. The lowest BCUT2D eigenvalue weighted by molar-refractivity contribution is -0.137. The molecule has 9 nitrogen and oxygen atoms in total. The molecule has 3 N–H and O–H groups in total. The van der Waals surface area contributed by atoms with Gasteiger partial charge in [-0.3, -0.25) is 24.1 Å². The molecule has 0 radical (unpaired) electrons. The van der Waals surface area contributed by atoms with Gasteiger partial charge in [-0.05, 0) is 84.3 Å². The molecular formula is C34H26F3N3O6S2. The number of aromatic hydroxyl groups is 1. The van der Waals surface area contributed by atoms with Crippen molar-refractivity contribution in [2.24, 2.45) is 29.6 Å². The number of aromatic nitrogens is 1. The van der Waals surface area contributed by atoms with Crippen molar-refractivity contribution in [1.29, 1.82) is 0 Å². The van der Waals surface area contributed by atoms with Gasteiger partial charge in [0.1, 0.15) is 11.5 Å². The van der Waals surface area contributed by atoms with Crippen LogP contribution in [0.4, 0.5) is 24.5 Å². The highest BCUT2D eigenvalue weighted by atomic mass is 32.2. The molecule has 3 amide bonds. The largest absolute Gasteiger partial charge is 0.508 e. The predicted molar refractivity (Wildman–Crippen MR) is 171 cm³/mol. The number of thioether (sulfide) groups is 1. The molecule has 246 valence electrons. The molecule has 14 heteroatoms. The monoisotopic (exact) mass is 693 g/mol. The van der Waals surface area contributed by atoms with Gasteiger partial charge in [-0.15, -0.1) is 11.8 Å². The molecule has 3 fully saturated rings. The summed E-state index contributed by atoms with van der Waals surface area (Å²) in [6.07, 6.45) is -4.01. The summed E-state index contributed by atoms with van der Waals surface area (Å²) in [6.45, 7) is -0.282. The highest BCUT2D eigenvalue weighted by Gasteiger charge is 2.69. The van der Waals surface area contributed by atoms with E-state index in [2.05, 4.69) is 10.3 Å². The smallest absolute Gasteiger partial charge is 0.416 e. The number of fused-ring (bicyclic) bond motifs is 9. The standard InChI is InChI=1S/C34H26F3N3O6S2/c35-34(36,37)16-4-2-5-18(12-16)40-31(43)26-21-13-22(27(26)32(40)44)28-25(21)24(29-30(47-28)39-33(45)48-29)15-3-1-6-20(11-15)46-14-23(42)38-17-7-9-19(41)10-8-17/h1-12,21-22,24-28,41H,13-14H2,(H,38,42)(H,39,45)/t21-,22-,24-,25?,26?,27?,28?/m1/s1. The summed E-state index contributed by atoms with van der Waals surface area (Å²) in [5, 5.41) is 12.8. The minimum atomic E-state index is -4.63.